The number of nitrogens with one attached hydrogen (secondary N) is 3. The van der Waals surface area contributed by atoms with Gasteiger partial charge in [-0.15, -0.1) is 0 Å². The molecule has 1 aliphatic heterocycles. The number of aromatic nitrogens is 1. The number of benzene rings is 3. The molecule has 0 bridgehead atoms. The van der Waals surface area contributed by atoms with Gasteiger partial charge in [-0.3, -0.25) is 4.79 Å². The summed E-state index contributed by atoms with van der Waals surface area (Å²) in [5.74, 6) is 0.0413. The maximum Gasteiger partial charge on any atom is 0.251 e. The largest absolute Gasteiger partial charge is 0.357 e. The fraction of sp³-hybridized carbons (Fsp3) is 0.276. The Kier molecular flexibility index (Phi) is 5.03. The molecule has 4 heteroatoms. The number of aromatic amines is 1. The Bertz CT molecular complexity index is 1340. The Hall–Kier alpha value is -3.37. The van der Waals surface area contributed by atoms with Crippen molar-refractivity contribution in [2.45, 2.75) is 44.7 Å². The van der Waals surface area contributed by atoms with E-state index in [1.54, 1.807) is 0 Å². The third-order valence-electron chi connectivity index (χ3n) is 7.33. The van der Waals surface area contributed by atoms with Crippen LogP contribution in [0.4, 0.5) is 0 Å². The van der Waals surface area contributed by atoms with E-state index in [4.69, 9.17) is 0 Å². The van der Waals surface area contributed by atoms with Crippen molar-refractivity contribution in [3.63, 3.8) is 0 Å². The third-order valence-corrected chi connectivity index (χ3v) is 7.33. The number of aryl methyl sites for hydroxylation is 1. The number of fused-ring (bicyclic) bond motifs is 4. The lowest BCUT2D eigenvalue weighted by molar-refractivity contribution is 0.0946. The van der Waals surface area contributed by atoms with Crippen molar-refractivity contribution >= 4 is 16.8 Å². The molecule has 2 atom stereocenters. The molecule has 4 nitrogen and oxygen atoms in total. The SMILES string of the molecule is C[C@@H](NC1CCCc2c1[nH]c1ccc(-c3ccc4c(c3)C(=O)NCC4)cc21)c1ccccc1. The third kappa shape index (κ3) is 3.65. The lowest BCUT2D eigenvalue weighted by Gasteiger charge is -2.27. The summed E-state index contributed by atoms with van der Waals surface area (Å²) in [6.45, 7) is 2.97. The Balaban J connectivity index is 1.34. The predicted octanol–water partition coefficient (Wildman–Crippen LogP) is 5.85. The molecular weight excluding hydrogens is 406 g/mol. The van der Waals surface area contributed by atoms with Gasteiger partial charge < -0.3 is 15.6 Å². The molecule has 0 saturated carbocycles. The van der Waals surface area contributed by atoms with Crippen molar-refractivity contribution in [3.05, 3.63) is 94.7 Å². The van der Waals surface area contributed by atoms with E-state index in [0.29, 0.717) is 12.1 Å². The molecule has 1 unspecified atom stereocenters. The zero-order valence-corrected chi connectivity index (χ0v) is 18.9. The number of hydrogen-bond donors (Lipinski definition) is 3. The number of rotatable bonds is 4. The number of carbonyl (C=O) groups excluding carboxylic acids is 1. The summed E-state index contributed by atoms with van der Waals surface area (Å²) in [4.78, 5) is 16.1. The molecule has 1 amide bonds. The van der Waals surface area contributed by atoms with Crippen LogP contribution in [0.5, 0.6) is 0 Å². The van der Waals surface area contributed by atoms with Gasteiger partial charge in [-0.2, -0.15) is 0 Å². The van der Waals surface area contributed by atoms with Crippen LogP contribution in [0, 0.1) is 0 Å². The van der Waals surface area contributed by atoms with E-state index in [1.807, 2.05) is 0 Å². The number of amides is 1. The maximum absolute atomic E-state index is 12.3. The van der Waals surface area contributed by atoms with Gasteiger partial charge in [0.1, 0.15) is 0 Å². The van der Waals surface area contributed by atoms with Crippen LogP contribution >= 0.6 is 0 Å². The molecule has 0 radical (unpaired) electrons. The van der Waals surface area contributed by atoms with Crippen molar-refractivity contribution in [1.82, 2.24) is 15.6 Å². The number of H-pyrrole nitrogens is 1. The maximum atomic E-state index is 12.3. The smallest absolute Gasteiger partial charge is 0.251 e. The molecule has 0 fully saturated rings. The Morgan fingerprint density at radius 1 is 0.970 bits per heavy atom. The second-order valence-electron chi connectivity index (χ2n) is 9.40. The average molecular weight is 436 g/mol. The van der Waals surface area contributed by atoms with Gasteiger partial charge in [0, 0.05) is 40.8 Å². The van der Waals surface area contributed by atoms with Crippen LogP contribution in [0.3, 0.4) is 0 Å². The van der Waals surface area contributed by atoms with E-state index in [9.17, 15) is 4.79 Å². The van der Waals surface area contributed by atoms with Gasteiger partial charge in [0.15, 0.2) is 0 Å². The standard InChI is InChI=1S/C29H29N3O/c1-18(19-6-3-2-4-7-19)31-27-9-5-8-23-25-17-22(12-13-26(25)32-28(23)27)21-11-10-20-14-15-30-29(33)24(20)16-21/h2-4,6-7,10-13,16-18,27,31-32H,5,8-9,14-15H2,1H3,(H,30,33)/t18-,27?/m1/s1. The van der Waals surface area contributed by atoms with Crippen LogP contribution in [0.25, 0.3) is 22.0 Å². The molecule has 33 heavy (non-hydrogen) atoms. The Labute approximate surface area is 194 Å². The highest BCUT2D eigenvalue weighted by Gasteiger charge is 2.26. The first kappa shape index (κ1) is 20.3. The summed E-state index contributed by atoms with van der Waals surface area (Å²) < 4.78 is 0. The molecule has 1 aliphatic carbocycles. The van der Waals surface area contributed by atoms with Crippen molar-refractivity contribution in [2.24, 2.45) is 0 Å². The van der Waals surface area contributed by atoms with E-state index in [1.165, 1.54) is 39.7 Å². The monoisotopic (exact) mass is 435 g/mol. The molecule has 2 aliphatic rings. The average Bonchev–Trinajstić information content (AvgIpc) is 3.24. The van der Waals surface area contributed by atoms with Crippen LogP contribution in [0.2, 0.25) is 0 Å². The quantitative estimate of drug-likeness (QED) is 0.377. The van der Waals surface area contributed by atoms with Crippen LogP contribution in [0.15, 0.2) is 66.7 Å². The van der Waals surface area contributed by atoms with Crippen molar-refractivity contribution in [3.8, 4) is 11.1 Å². The van der Waals surface area contributed by atoms with Gasteiger partial charge in [-0.1, -0.05) is 48.5 Å². The van der Waals surface area contributed by atoms with Gasteiger partial charge in [-0.05, 0) is 78.6 Å². The van der Waals surface area contributed by atoms with E-state index < -0.39 is 0 Å². The summed E-state index contributed by atoms with van der Waals surface area (Å²) in [5, 5.41) is 8.14. The van der Waals surface area contributed by atoms with Crippen LogP contribution < -0.4 is 10.6 Å². The van der Waals surface area contributed by atoms with Crippen molar-refractivity contribution < 1.29 is 4.79 Å². The van der Waals surface area contributed by atoms with Gasteiger partial charge in [0.25, 0.3) is 5.91 Å². The zero-order valence-electron chi connectivity index (χ0n) is 18.9. The second kappa shape index (κ2) is 8.20. The highest BCUT2D eigenvalue weighted by Crippen LogP contribution is 2.38. The highest BCUT2D eigenvalue weighted by atomic mass is 16.1. The van der Waals surface area contributed by atoms with Gasteiger partial charge >= 0.3 is 0 Å². The summed E-state index contributed by atoms with van der Waals surface area (Å²) in [6.07, 6.45) is 4.33. The van der Waals surface area contributed by atoms with E-state index in [2.05, 4.69) is 89.3 Å². The fourth-order valence-electron chi connectivity index (χ4n) is 5.54. The van der Waals surface area contributed by atoms with Crippen molar-refractivity contribution in [2.75, 3.05) is 6.54 Å². The topological polar surface area (TPSA) is 56.9 Å². The predicted molar refractivity (Wildman–Crippen MR) is 133 cm³/mol. The molecule has 1 aromatic heterocycles. The molecular formula is C29H29N3O. The van der Waals surface area contributed by atoms with Crippen LogP contribution in [0.1, 0.15) is 64.6 Å². The molecule has 3 aromatic carbocycles. The highest BCUT2D eigenvalue weighted by molar-refractivity contribution is 5.98. The second-order valence-corrected chi connectivity index (χ2v) is 9.40. The van der Waals surface area contributed by atoms with Gasteiger partial charge in [0.2, 0.25) is 0 Å². The molecule has 2 heterocycles. The summed E-state index contributed by atoms with van der Waals surface area (Å²) in [6, 6.07) is 24.3. The van der Waals surface area contributed by atoms with E-state index >= 15 is 0 Å². The van der Waals surface area contributed by atoms with Crippen LogP contribution in [-0.4, -0.2) is 17.4 Å². The lowest BCUT2D eigenvalue weighted by atomic mass is 9.89. The summed E-state index contributed by atoms with van der Waals surface area (Å²) in [7, 11) is 0. The van der Waals surface area contributed by atoms with Crippen molar-refractivity contribution in [1.29, 1.82) is 0 Å². The molecule has 6 rings (SSSR count). The van der Waals surface area contributed by atoms with E-state index in [0.717, 1.165) is 42.5 Å². The van der Waals surface area contributed by atoms with E-state index in [-0.39, 0.29) is 5.91 Å². The Morgan fingerprint density at radius 3 is 2.67 bits per heavy atom. The summed E-state index contributed by atoms with van der Waals surface area (Å²) in [5.41, 5.74) is 9.51. The fourth-order valence-corrected chi connectivity index (χ4v) is 5.54. The molecule has 0 saturated heterocycles. The van der Waals surface area contributed by atoms with Gasteiger partial charge in [0.05, 0.1) is 0 Å². The zero-order chi connectivity index (χ0) is 22.4. The van der Waals surface area contributed by atoms with Gasteiger partial charge in [-0.25, -0.2) is 0 Å². The lowest BCUT2D eigenvalue weighted by Crippen LogP contribution is -2.31. The minimum atomic E-state index is 0.0413. The molecule has 166 valence electrons. The molecule has 3 N–H and O–H groups in total. The number of hydrogen-bond acceptors (Lipinski definition) is 2. The number of carbonyl (C=O) groups is 1. The molecule has 0 spiro atoms. The minimum Gasteiger partial charge on any atom is -0.357 e. The first-order chi connectivity index (χ1) is 16.2. The van der Waals surface area contributed by atoms with Crippen LogP contribution in [-0.2, 0) is 12.8 Å². The minimum absolute atomic E-state index is 0.0413. The normalized spacial score (nSPS) is 18.5. The Morgan fingerprint density at radius 2 is 1.79 bits per heavy atom. The first-order valence-electron chi connectivity index (χ1n) is 12.0. The first-order valence-corrected chi connectivity index (χ1v) is 12.0. The molecule has 4 aromatic rings. The summed E-state index contributed by atoms with van der Waals surface area (Å²) >= 11 is 0.